The minimum absolute atomic E-state index is 0.160. The monoisotopic (exact) mass is 385 g/mol. The molecule has 10 heteroatoms. The van der Waals surface area contributed by atoms with Crippen molar-refractivity contribution in [3.8, 4) is 17.3 Å². The lowest BCUT2D eigenvalue weighted by atomic mass is 10.2. The van der Waals surface area contributed by atoms with Crippen LogP contribution in [0.3, 0.4) is 0 Å². The highest BCUT2D eigenvalue weighted by atomic mass is 16.5. The van der Waals surface area contributed by atoms with Crippen LogP contribution in [0.15, 0.2) is 12.5 Å². The third-order valence-electron chi connectivity index (χ3n) is 5.12. The molecule has 0 aromatic carbocycles. The standard InChI is InChI=1S/C18H23N7O3/c1-5-25-11(2)13(8-21-25)15-22-14-16(23(15)3)19-10-20-17(14)28-12-6-7-24(9-12)18(26)27-4/h8,10,12H,5-7,9H2,1-4H3. The number of likely N-dealkylation sites (tertiary alicyclic amines) is 1. The molecule has 3 aromatic rings. The lowest BCUT2D eigenvalue weighted by molar-refractivity contribution is 0.125. The first kappa shape index (κ1) is 18.2. The lowest BCUT2D eigenvalue weighted by Gasteiger charge is -2.15. The summed E-state index contributed by atoms with van der Waals surface area (Å²) < 4.78 is 14.7. The Balaban J connectivity index is 1.66. The first-order valence-electron chi connectivity index (χ1n) is 9.23. The van der Waals surface area contributed by atoms with Crippen LogP contribution in [0.2, 0.25) is 0 Å². The van der Waals surface area contributed by atoms with Crippen molar-refractivity contribution in [2.75, 3.05) is 20.2 Å². The molecule has 148 valence electrons. The minimum Gasteiger partial charge on any atom is -0.471 e. The first-order valence-corrected chi connectivity index (χ1v) is 9.23. The molecule has 28 heavy (non-hydrogen) atoms. The van der Waals surface area contributed by atoms with Gasteiger partial charge in [-0.25, -0.2) is 14.8 Å². The van der Waals surface area contributed by atoms with Crippen molar-refractivity contribution in [3.63, 3.8) is 0 Å². The van der Waals surface area contributed by atoms with Gasteiger partial charge < -0.3 is 18.9 Å². The average molecular weight is 385 g/mol. The first-order chi connectivity index (χ1) is 13.5. The van der Waals surface area contributed by atoms with E-state index < -0.39 is 0 Å². The van der Waals surface area contributed by atoms with Crippen LogP contribution in [0.25, 0.3) is 22.6 Å². The summed E-state index contributed by atoms with van der Waals surface area (Å²) in [5.74, 6) is 1.18. The molecule has 1 amide bonds. The van der Waals surface area contributed by atoms with E-state index >= 15 is 0 Å². The van der Waals surface area contributed by atoms with Crippen LogP contribution in [0.4, 0.5) is 4.79 Å². The molecule has 4 rings (SSSR count). The van der Waals surface area contributed by atoms with Crippen LogP contribution >= 0.6 is 0 Å². The van der Waals surface area contributed by atoms with Crippen molar-refractivity contribution in [2.24, 2.45) is 7.05 Å². The summed E-state index contributed by atoms with van der Waals surface area (Å²) in [5.41, 5.74) is 3.28. The second-order valence-corrected chi connectivity index (χ2v) is 6.75. The van der Waals surface area contributed by atoms with E-state index in [1.165, 1.54) is 13.4 Å². The van der Waals surface area contributed by atoms with E-state index in [2.05, 4.69) is 22.0 Å². The second-order valence-electron chi connectivity index (χ2n) is 6.75. The van der Waals surface area contributed by atoms with Crippen LogP contribution in [-0.2, 0) is 18.3 Å². The predicted octanol–water partition coefficient (Wildman–Crippen LogP) is 1.77. The molecule has 1 fully saturated rings. The van der Waals surface area contributed by atoms with Gasteiger partial charge in [-0.3, -0.25) is 4.68 Å². The molecule has 1 saturated heterocycles. The predicted molar refractivity (Wildman–Crippen MR) is 101 cm³/mol. The third-order valence-corrected chi connectivity index (χ3v) is 5.12. The van der Waals surface area contributed by atoms with Gasteiger partial charge in [0.2, 0.25) is 5.88 Å². The lowest BCUT2D eigenvalue weighted by Crippen LogP contribution is -2.30. The Kier molecular flexibility index (Phi) is 4.62. The van der Waals surface area contributed by atoms with Gasteiger partial charge in [0, 0.05) is 32.3 Å². The highest BCUT2D eigenvalue weighted by Crippen LogP contribution is 2.29. The number of fused-ring (bicyclic) bond motifs is 1. The molecule has 1 aliphatic rings. The molecule has 3 aromatic heterocycles. The van der Waals surface area contributed by atoms with E-state index in [1.54, 1.807) is 4.90 Å². The Bertz CT molecular complexity index is 1030. The Labute approximate surface area is 162 Å². The molecule has 1 atom stereocenters. The number of carbonyl (C=O) groups excluding carboxylic acids is 1. The number of nitrogens with zero attached hydrogens (tertiary/aromatic N) is 7. The largest absolute Gasteiger partial charge is 0.471 e. The summed E-state index contributed by atoms with van der Waals surface area (Å²) in [6.45, 7) is 5.92. The maximum absolute atomic E-state index is 11.7. The van der Waals surface area contributed by atoms with Crippen molar-refractivity contribution in [1.29, 1.82) is 0 Å². The van der Waals surface area contributed by atoms with E-state index in [4.69, 9.17) is 14.5 Å². The smallest absolute Gasteiger partial charge is 0.409 e. The molecule has 4 heterocycles. The molecule has 1 unspecified atom stereocenters. The summed E-state index contributed by atoms with van der Waals surface area (Å²) in [6, 6.07) is 0. The van der Waals surface area contributed by atoms with Crippen molar-refractivity contribution < 1.29 is 14.3 Å². The molecule has 0 radical (unpaired) electrons. The fourth-order valence-corrected chi connectivity index (χ4v) is 3.57. The van der Waals surface area contributed by atoms with Crippen LogP contribution in [0.5, 0.6) is 5.88 Å². The number of methoxy groups -OCH3 is 1. The molecular weight excluding hydrogens is 362 g/mol. The van der Waals surface area contributed by atoms with Crippen molar-refractivity contribution in [1.82, 2.24) is 34.2 Å². The Morgan fingerprint density at radius 2 is 2.18 bits per heavy atom. The van der Waals surface area contributed by atoms with E-state index in [1.807, 2.05) is 29.4 Å². The van der Waals surface area contributed by atoms with E-state index in [-0.39, 0.29) is 12.2 Å². The van der Waals surface area contributed by atoms with Crippen LogP contribution in [-0.4, -0.2) is 66.6 Å². The summed E-state index contributed by atoms with van der Waals surface area (Å²) in [6.07, 6.45) is 3.50. The Morgan fingerprint density at radius 3 is 2.89 bits per heavy atom. The molecule has 10 nitrogen and oxygen atoms in total. The number of ether oxygens (including phenoxy) is 2. The van der Waals surface area contributed by atoms with Crippen LogP contribution in [0, 0.1) is 6.92 Å². The van der Waals surface area contributed by atoms with Crippen molar-refractivity contribution in [2.45, 2.75) is 32.9 Å². The minimum atomic E-state index is -0.345. The Morgan fingerprint density at radius 1 is 1.36 bits per heavy atom. The quantitative estimate of drug-likeness (QED) is 0.675. The van der Waals surface area contributed by atoms with Gasteiger partial charge in [-0.05, 0) is 13.8 Å². The number of aryl methyl sites for hydroxylation is 2. The van der Waals surface area contributed by atoms with Gasteiger partial charge in [0.25, 0.3) is 0 Å². The van der Waals surface area contributed by atoms with Gasteiger partial charge in [-0.1, -0.05) is 0 Å². The molecule has 0 bridgehead atoms. The van der Waals surface area contributed by atoms with Crippen LogP contribution in [0.1, 0.15) is 19.0 Å². The van der Waals surface area contributed by atoms with Crippen molar-refractivity contribution >= 4 is 17.3 Å². The number of hydrogen-bond donors (Lipinski definition) is 0. The van der Waals surface area contributed by atoms with Gasteiger partial charge in [-0.15, -0.1) is 0 Å². The van der Waals surface area contributed by atoms with Gasteiger partial charge in [0.1, 0.15) is 18.3 Å². The summed E-state index contributed by atoms with van der Waals surface area (Å²) in [5, 5.41) is 4.41. The number of aromatic nitrogens is 6. The molecule has 0 saturated carbocycles. The molecular formula is C18H23N7O3. The number of carbonyl (C=O) groups is 1. The zero-order valence-electron chi connectivity index (χ0n) is 16.4. The maximum Gasteiger partial charge on any atom is 0.409 e. The fraction of sp³-hybridized carbons (Fsp3) is 0.500. The molecule has 0 N–H and O–H groups in total. The van der Waals surface area contributed by atoms with Gasteiger partial charge in [0.05, 0.1) is 25.4 Å². The zero-order valence-corrected chi connectivity index (χ0v) is 16.4. The zero-order chi connectivity index (χ0) is 19.8. The summed E-state index contributed by atoms with van der Waals surface area (Å²) >= 11 is 0. The van der Waals surface area contributed by atoms with Crippen molar-refractivity contribution in [3.05, 3.63) is 18.2 Å². The maximum atomic E-state index is 11.7. The molecule has 0 aliphatic carbocycles. The fourth-order valence-electron chi connectivity index (χ4n) is 3.57. The summed E-state index contributed by atoms with van der Waals surface area (Å²) in [7, 11) is 3.29. The molecule has 0 spiro atoms. The normalized spacial score (nSPS) is 16.7. The highest BCUT2D eigenvalue weighted by molar-refractivity contribution is 5.81. The van der Waals surface area contributed by atoms with E-state index in [0.717, 1.165) is 23.6 Å². The number of rotatable bonds is 4. The molecule has 1 aliphatic heterocycles. The average Bonchev–Trinajstić information content (AvgIpc) is 3.40. The van der Waals surface area contributed by atoms with Gasteiger partial charge in [0.15, 0.2) is 11.2 Å². The van der Waals surface area contributed by atoms with Crippen LogP contribution < -0.4 is 4.74 Å². The Hall–Kier alpha value is -3.17. The summed E-state index contributed by atoms with van der Waals surface area (Å²) in [4.78, 5) is 26.7. The number of hydrogen-bond acceptors (Lipinski definition) is 7. The SMILES string of the molecule is CCn1ncc(-c2nc3c(OC4CCN(C(=O)OC)C4)ncnc3n2C)c1C. The van der Waals surface area contributed by atoms with E-state index in [0.29, 0.717) is 36.6 Å². The second kappa shape index (κ2) is 7.10. The number of amides is 1. The van der Waals surface area contributed by atoms with Gasteiger partial charge >= 0.3 is 6.09 Å². The third kappa shape index (κ3) is 2.94. The van der Waals surface area contributed by atoms with E-state index in [9.17, 15) is 4.79 Å². The van der Waals surface area contributed by atoms with Gasteiger partial charge in [-0.2, -0.15) is 10.1 Å². The topological polar surface area (TPSA) is 100 Å². The highest BCUT2D eigenvalue weighted by Gasteiger charge is 2.29. The number of imidazole rings is 1.